The predicted octanol–water partition coefficient (Wildman–Crippen LogP) is 3.05. The molecule has 2 rings (SSSR count). The minimum atomic E-state index is 0.441. The van der Waals surface area contributed by atoms with Gasteiger partial charge in [0.15, 0.2) is 5.82 Å². The molecule has 5 nitrogen and oxygen atoms in total. The molecule has 2 aromatic rings. The summed E-state index contributed by atoms with van der Waals surface area (Å²) in [5.41, 5.74) is 2.55. The van der Waals surface area contributed by atoms with Crippen LogP contribution in [0.2, 0.25) is 5.15 Å². The van der Waals surface area contributed by atoms with Gasteiger partial charge in [0.05, 0.1) is 12.8 Å². The van der Waals surface area contributed by atoms with Gasteiger partial charge in [-0.25, -0.2) is 14.6 Å². The topological polar surface area (TPSA) is 52.8 Å². The fourth-order valence-electron chi connectivity index (χ4n) is 2.23. The fourth-order valence-corrected chi connectivity index (χ4v) is 2.43. The van der Waals surface area contributed by atoms with E-state index in [1.807, 2.05) is 20.0 Å². The van der Waals surface area contributed by atoms with Gasteiger partial charge in [-0.3, -0.25) is 0 Å². The molecular formula is C14H19ClN4O. The Kier molecular flexibility index (Phi) is 4.28. The van der Waals surface area contributed by atoms with E-state index in [0.29, 0.717) is 22.8 Å². The highest BCUT2D eigenvalue weighted by atomic mass is 35.5. The number of hydrogen-bond acceptors (Lipinski definition) is 4. The highest BCUT2D eigenvalue weighted by Gasteiger charge is 2.19. The van der Waals surface area contributed by atoms with Crippen molar-refractivity contribution in [3.8, 4) is 17.3 Å². The Labute approximate surface area is 124 Å². The third kappa shape index (κ3) is 2.93. The van der Waals surface area contributed by atoms with Crippen LogP contribution < -0.4 is 4.74 Å². The highest BCUT2D eigenvalue weighted by molar-refractivity contribution is 6.29. The summed E-state index contributed by atoms with van der Waals surface area (Å²) in [6.45, 7) is 6.20. The zero-order valence-electron chi connectivity index (χ0n) is 12.4. The van der Waals surface area contributed by atoms with Crippen LogP contribution in [-0.2, 0) is 13.5 Å². The molecule has 20 heavy (non-hydrogen) atoms. The van der Waals surface area contributed by atoms with Crippen LogP contribution in [0.15, 0.2) is 6.07 Å². The molecule has 2 aromatic heterocycles. The molecule has 108 valence electrons. The van der Waals surface area contributed by atoms with E-state index in [0.717, 1.165) is 23.4 Å². The normalized spacial score (nSPS) is 11.2. The van der Waals surface area contributed by atoms with Crippen LogP contribution in [0.3, 0.4) is 0 Å². The second-order valence-corrected chi connectivity index (χ2v) is 5.58. The number of nitrogens with zero attached hydrogens (tertiary/aromatic N) is 4. The van der Waals surface area contributed by atoms with E-state index in [9.17, 15) is 0 Å². The molecule has 6 heteroatoms. The Morgan fingerprint density at radius 2 is 2.05 bits per heavy atom. The molecule has 0 aliphatic heterocycles. The number of aryl methyl sites for hydroxylation is 2. The third-order valence-electron chi connectivity index (χ3n) is 2.95. The lowest BCUT2D eigenvalue weighted by Crippen LogP contribution is -2.02. The minimum absolute atomic E-state index is 0.441. The molecule has 0 radical (unpaired) electrons. The van der Waals surface area contributed by atoms with Gasteiger partial charge in [-0.2, -0.15) is 5.10 Å². The largest absolute Gasteiger partial charge is 0.481 e. The first-order valence-corrected chi connectivity index (χ1v) is 6.91. The average molecular weight is 295 g/mol. The molecule has 0 aliphatic carbocycles. The molecule has 0 spiro atoms. The van der Waals surface area contributed by atoms with E-state index in [-0.39, 0.29) is 0 Å². The zero-order valence-corrected chi connectivity index (χ0v) is 13.2. The van der Waals surface area contributed by atoms with Crippen LogP contribution in [0.4, 0.5) is 0 Å². The molecule has 0 fully saturated rings. The van der Waals surface area contributed by atoms with Crippen molar-refractivity contribution in [2.75, 3.05) is 7.11 Å². The lowest BCUT2D eigenvalue weighted by molar-refractivity contribution is 0.374. The van der Waals surface area contributed by atoms with E-state index in [4.69, 9.17) is 16.3 Å². The van der Waals surface area contributed by atoms with Crippen molar-refractivity contribution in [3.05, 3.63) is 22.6 Å². The number of rotatable bonds is 4. The number of methoxy groups -OCH3 is 1. The average Bonchev–Trinajstić information content (AvgIpc) is 2.61. The predicted molar refractivity (Wildman–Crippen MR) is 79.1 cm³/mol. The van der Waals surface area contributed by atoms with Crippen LogP contribution >= 0.6 is 11.6 Å². The second kappa shape index (κ2) is 5.79. The van der Waals surface area contributed by atoms with Crippen molar-refractivity contribution >= 4 is 11.6 Å². The summed E-state index contributed by atoms with van der Waals surface area (Å²) >= 11 is 6.12. The Bertz CT molecular complexity index is 622. The summed E-state index contributed by atoms with van der Waals surface area (Å²) in [5.74, 6) is 1.71. The molecule has 0 unspecified atom stereocenters. The van der Waals surface area contributed by atoms with Gasteiger partial charge >= 0.3 is 0 Å². The van der Waals surface area contributed by atoms with Crippen LogP contribution in [0, 0.1) is 12.8 Å². The molecule has 0 aliphatic rings. The molecule has 0 N–H and O–H groups in total. The monoisotopic (exact) mass is 294 g/mol. The van der Waals surface area contributed by atoms with E-state index in [1.165, 1.54) is 0 Å². The Balaban J connectivity index is 2.55. The Morgan fingerprint density at radius 1 is 1.35 bits per heavy atom. The molecule has 0 saturated carbocycles. The van der Waals surface area contributed by atoms with Crippen molar-refractivity contribution in [1.29, 1.82) is 0 Å². The van der Waals surface area contributed by atoms with Gasteiger partial charge in [-0.1, -0.05) is 25.4 Å². The van der Waals surface area contributed by atoms with E-state index >= 15 is 0 Å². The smallest absolute Gasteiger partial charge is 0.222 e. The van der Waals surface area contributed by atoms with Gasteiger partial charge in [0.2, 0.25) is 5.88 Å². The van der Waals surface area contributed by atoms with Crippen LogP contribution in [-0.4, -0.2) is 26.9 Å². The molecule has 2 heterocycles. The van der Waals surface area contributed by atoms with Gasteiger partial charge in [0.1, 0.15) is 10.7 Å². The van der Waals surface area contributed by atoms with Crippen LogP contribution in [0.5, 0.6) is 5.88 Å². The maximum Gasteiger partial charge on any atom is 0.222 e. The summed E-state index contributed by atoms with van der Waals surface area (Å²) in [5, 5.41) is 4.79. The molecule has 0 aromatic carbocycles. The SMILES string of the molecule is COc1c(-c2nc(Cl)cc(CC(C)C)n2)c(C)nn1C. The van der Waals surface area contributed by atoms with E-state index in [1.54, 1.807) is 11.8 Å². The van der Waals surface area contributed by atoms with E-state index in [2.05, 4.69) is 28.9 Å². The maximum atomic E-state index is 6.12. The van der Waals surface area contributed by atoms with Gasteiger partial charge < -0.3 is 4.74 Å². The van der Waals surface area contributed by atoms with Crippen LogP contribution in [0.25, 0.3) is 11.4 Å². The number of hydrogen-bond donors (Lipinski definition) is 0. The first kappa shape index (κ1) is 14.8. The molecular weight excluding hydrogens is 276 g/mol. The zero-order chi connectivity index (χ0) is 14.9. The van der Waals surface area contributed by atoms with Gasteiger partial charge in [0, 0.05) is 12.7 Å². The molecule has 0 amide bonds. The molecule has 0 bridgehead atoms. The highest BCUT2D eigenvalue weighted by Crippen LogP contribution is 2.31. The molecule has 0 saturated heterocycles. The van der Waals surface area contributed by atoms with Crippen molar-refractivity contribution in [3.63, 3.8) is 0 Å². The summed E-state index contributed by atoms with van der Waals surface area (Å²) < 4.78 is 7.07. The van der Waals surface area contributed by atoms with Crippen molar-refractivity contribution in [2.45, 2.75) is 27.2 Å². The van der Waals surface area contributed by atoms with Crippen LogP contribution in [0.1, 0.15) is 25.2 Å². The van der Waals surface area contributed by atoms with Gasteiger partial charge in [-0.05, 0) is 25.3 Å². The van der Waals surface area contributed by atoms with Gasteiger partial charge in [0.25, 0.3) is 0 Å². The van der Waals surface area contributed by atoms with Crippen molar-refractivity contribution < 1.29 is 4.74 Å². The quantitative estimate of drug-likeness (QED) is 0.813. The first-order chi connectivity index (χ1) is 9.42. The number of halogens is 1. The summed E-state index contributed by atoms with van der Waals surface area (Å²) in [4.78, 5) is 8.91. The second-order valence-electron chi connectivity index (χ2n) is 5.20. The summed E-state index contributed by atoms with van der Waals surface area (Å²) in [7, 11) is 3.44. The maximum absolute atomic E-state index is 6.12. The first-order valence-electron chi connectivity index (χ1n) is 6.53. The lowest BCUT2D eigenvalue weighted by Gasteiger charge is -2.08. The van der Waals surface area contributed by atoms with Crippen molar-refractivity contribution in [1.82, 2.24) is 19.7 Å². The minimum Gasteiger partial charge on any atom is -0.481 e. The summed E-state index contributed by atoms with van der Waals surface area (Å²) in [6.07, 6.45) is 0.858. The Hall–Kier alpha value is -1.62. The lowest BCUT2D eigenvalue weighted by atomic mass is 10.1. The fraction of sp³-hybridized carbons (Fsp3) is 0.500. The van der Waals surface area contributed by atoms with Crippen molar-refractivity contribution in [2.24, 2.45) is 13.0 Å². The molecule has 0 atom stereocenters. The Morgan fingerprint density at radius 3 is 2.65 bits per heavy atom. The van der Waals surface area contributed by atoms with E-state index < -0.39 is 0 Å². The van der Waals surface area contributed by atoms with Gasteiger partial charge in [-0.15, -0.1) is 0 Å². The number of ether oxygens (including phenoxy) is 1. The number of aromatic nitrogens is 4. The third-order valence-corrected chi connectivity index (χ3v) is 3.15. The summed E-state index contributed by atoms with van der Waals surface area (Å²) in [6, 6.07) is 1.81. The standard InChI is InChI=1S/C14H19ClN4O/c1-8(2)6-10-7-11(15)17-13(16-10)12-9(3)18-19(4)14(12)20-5/h7-8H,6H2,1-5H3.